The van der Waals surface area contributed by atoms with Gasteiger partial charge in [0.05, 0.1) is 17.0 Å². The van der Waals surface area contributed by atoms with E-state index >= 15 is 0 Å². The van der Waals surface area contributed by atoms with E-state index in [1.165, 1.54) is 31.2 Å². The number of hydrogen-bond acceptors (Lipinski definition) is 5. The van der Waals surface area contributed by atoms with Gasteiger partial charge in [-0.2, -0.15) is 0 Å². The van der Waals surface area contributed by atoms with Gasteiger partial charge in [0, 0.05) is 23.4 Å². The number of Topliss-reactive ketones (excluding diaryl/α,β-unsaturated/α-hetero) is 2. The van der Waals surface area contributed by atoms with E-state index < -0.39 is 11.7 Å². The summed E-state index contributed by atoms with van der Waals surface area (Å²) in [5.41, 5.74) is 1.20. The lowest BCUT2D eigenvalue weighted by atomic mass is 10.1. The fourth-order valence-electron chi connectivity index (χ4n) is 3.04. The molecule has 1 amide bonds. The number of rotatable bonds is 3. The van der Waals surface area contributed by atoms with E-state index in [1.807, 2.05) is 0 Å². The molecule has 0 bridgehead atoms. The van der Waals surface area contributed by atoms with Crippen molar-refractivity contribution in [1.29, 1.82) is 0 Å². The lowest BCUT2D eigenvalue weighted by Crippen LogP contribution is -2.23. The van der Waals surface area contributed by atoms with Crippen molar-refractivity contribution in [3.05, 3.63) is 82.1 Å². The predicted octanol–water partition coefficient (Wildman–Crippen LogP) is 4.43. The Bertz CT molecular complexity index is 1130. The third-order valence-electron chi connectivity index (χ3n) is 4.31. The zero-order valence-corrected chi connectivity index (χ0v) is 15.5. The summed E-state index contributed by atoms with van der Waals surface area (Å²) in [4.78, 5) is 42.6. The topological polar surface area (TPSA) is 67.3 Å². The number of benzene rings is 2. The van der Waals surface area contributed by atoms with Crippen molar-refractivity contribution < 1.29 is 18.8 Å². The highest BCUT2D eigenvalue weighted by Gasteiger charge is 2.32. The smallest absolute Gasteiger partial charge is 0.230 e. The van der Waals surface area contributed by atoms with Crippen LogP contribution in [0.25, 0.3) is 6.08 Å². The first-order valence-corrected chi connectivity index (χ1v) is 9.26. The molecule has 1 aromatic heterocycles. The van der Waals surface area contributed by atoms with E-state index in [-0.39, 0.29) is 28.0 Å². The SMILES string of the molecule is CC(=O)N(c1nc(C=C2C(=O)c3ccccc3C2=O)cs1)c1ccccc1F. The number of para-hydroxylation sites is 1. The fourth-order valence-corrected chi connectivity index (χ4v) is 3.87. The molecular weight excluding hydrogens is 379 g/mol. The fraction of sp³-hybridized carbons (Fsp3) is 0.0476. The lowest BCUT2D eigenvalue weighted by molar-refractivity contribution is -0.115. The van der Waals surface area contributed by atoms with Crippen molar-refractivity contribution in [3.63, 3.8) is 0 Å². The van der Waals surface area contributed by atoms with Gasteiger partial charge in [-0.25, -0.2) is 9.37 Å². The van der Waals surface area contributed by atoms with Gasteiger partial charge >= 0.3 is 0 Å². The summed E-state index contributed by atoms with van der Waals surface area (Å²) in [5, 5.41) is 1.86. The molecule has 1 heterocycles. The third kappa shape index (κ3) is 2.95. The van der Waals surface area contributed by atoms with Crippen LogP contribution in [0, 0.1) is 5.82 Å². The van der Waals surface area contributed by atoms with Gasteiger partial charge in [-0.1, -0.05) is 36.4 Å². The second kappa shape index (κ2) is 6.94. The molecule has 1 aliphatic rings. The molecule has 0 N–H and O–H groups in total. The molecular formula is C21H13FN2O3S. The molecule has 28 heavy (non-hydrogen) atoms. The number of carbonyl (C=O) groups is 3. The molecule has 138 valence electrons. The lowest BCUT2D eigenvalue weighted by Gasteiger charge is -2.18. The van der Waals surface area contributed by atoms with Crippen LogP contribution < -0.4 is 4.90 Å². The van der Waals surface area contributed by atoms with Crippen LogP contribution in [0.3, 0.4) is 0 Å². The van der Waals surface area contributed by atoms with Crippen molar-refractivity contribution in [3.8, 4) is 0 Å². The molecule has 5 nitrogen and oxygen atoms in total. The Kier molecular flexibility index (Phi) is 4.44. The standard InChI is InChI=1S/C21H13FN2O3S/c1-12(25)24(18-9-5-4-8-17(18)22)21-23-13(11-28-21)10-16-19(26)14-6-2-3-7-15(14)20(16)27/h2-11H,1H3. The molecule has 0 saturated carbocycles. The number of fused-ring (bicyclic) bond motifs is 1. The average Bonchev–Trinajstić information content (AvgIpc) is 3.23. The molecule has 7 heteroatoms. The maximum Gasteiger partial charge on any atom is 0.230 e. The van der Waals surface area contributed by atoms with Gasteiger partial charge in [0.25, 0.3) is 0 Å². The van der Waals surface area contributed by atoms with E-state index in [4.69, 9.17) is 0 Å². The molecule has 3 aromatic rings. The van der Waals surface area contributed by atoms with E-state index in [1.54, 1.807) is 35.7 Å². The molecule has 1 aliphatic carbocycles. The highest BCUT2D eigenvalue weighted by atomic mass is 32.1. The molecule has 0 fully saturated rings. The van der Waals surface area contributed by atoms with E-state index in [2.05, 4.69) is 4.98 Å². The number of amides is 1. The minimum absolute atomic E-state index is 0.0262. The number of ketones is 2. The van der Waals surface area contributed by atoms with Crippen molar-refractivity contribution >= 4 is 45.7 Å². The second-order valence-corrected chi connectivity index (χ2v) is 6.96. The number of thiazole rings is 1. The van der Waals surface area contributed by atoms with Gasteiger partial charge in [0.15, 0.2) is 16.7 Å². The average molecular weight is 392 g/mol. The van der Waals surface area contributed by atoms with Crippen LogP contribution in [-0.2, 0) is 4.79 Å². The number of nitrogens with zero attached hydrogens (tertiary/aromatic N) is 2. The molecule has 0 radical (unpaired) electrons. The maximum atomic E-state index is 14.2. The minimum Gasteiger partial charge on any atom is -0.288 e. The molecule has 4 rings (SSSR count). The number of hydrogen-bond donors (Lipinski definition) is 0. The Morgan fingerprint density at radius 1 is 1.04 bits per heavy atom. The number of halogens is 1. The first-order valence-electron chi connectivity index (χ1n) is 8.38. The zero-order chi connectivity index (χ0) is 19.8. The summed E-state index contributed by atoms with van der Waals surface area (Å²) in [6.45, 7) is 1.31. The van der Waals surface area contributed by atoms with Crippen molar-refractivity contribution in [2.75, 3.05) is 4.90 Å². The second-order valence-electron chi connectivity index (χ2n) is 6.12. The Balaban J connectivity index is 1.71. The number of anilines is 2. The molecule has 0 atom stereocenters. The van der Waals surface area contributed by atoms with Crippen molar-refractivity contribution in [2.24, 2.45) is 0 Å². The van der Waals surface area contributed by atoms with Gasteiger partial charge in [0.2, 0.25) is 5.91 Å². The first kappa shape index (κ1) is 17.9. The Labute approximate surface area is 163 Å². The summed E-state index contributed by atoms with van der Waals surface area (Å²) in [7, 11) is 0. The van der Waals surface area contributed by atoms with Crippen LogP contribution in [0.15, 0.2) is 59.5 Å². The minimum atomic E-state index is -0.551. The van der Waals surface area contributed by atoms with Gasteiger partial charge in [-0.05, 0) is 18.2 Å². The van der Waals surface area contributed by atoms with Crippen molar-refractivity contribution in [2.45, 2.75) is 6.92 Å². The van der Waals surface area contributed by atoms with Gasteiger partial charge in [-0.3, -0.25) is 19.3 Å². The predicted molar refractivity (Wildman–Crippen MR) is 104 cm³/mol. The third-order valence-corrected chi connectivity index (χ3v) is 5.15. The first-order chi connectivity index (χ1) is 13.5. The van der Waals surface area contributed by atoms with E-state index in [0.29, 0.717) is 16.8 Å². The van der Waals surface area contributed by atoms with Crippen molar-refractivity contribution in [1.82, 2.24) is 4.98 Å². The highest BCUT2D eigenvalue weighted by Crippen LogP contribution is 2.32. The van der Waals surface area contributed by atoms with Crippen LogP contribution >= 0.6 is 11.3 Å². The Morgan fingerprint density at radius 2 is 1.64 bits per heavy atom. The largest absolute Gasteiger partial charge is 0.288 e. The maximum absolute atomic E-state index is 14.2. The zero-order valence-electron chi connectivity index (χ0n) is 14.7. The summed E-state index contributed by atoms with van der Waals surface area (Å²) in [6, 6.07) is 12.5. The molecule has 0 unspecified atom stereocenters. The molecule has 0 spiro atoms. The molecule has 2 aromatic carbocycles. The van der Waals surface area contributed by atoms with Gasteiger partial charge < -0.3 is 0 Å². The summed E-state index contributed by atoms with van der Waals surface area (Å²) in [6.07, 6.45) is 1.41. The summed E-state index contributed by atoms with van der Waals surface area (Å²) >= 11 is 1.12. The summed E-state index contributed by atoms with van der Waals surface area (Å²) < 4.78 is 14.2. The molecule has 0 aliphatic heterocycles. The highest BCUT2D eigenvalue weighted by molar-refractivity contribution is 7.14. The Hall–Kier alpha value is -3.45. The normalized spacial score (nSPS) is 12.9. The molecule has 0 saturated heterocycles. The van der Waals surface area contributed by atoms with Crippen LogP contribution in [-0.4, -0.2) is 22.5 Å². The number of aromatic nitrogens is 1. The van der Waals surface area contributed by atoms with Crippen LogP contribution in [0.4, 0.5) is 15.2 Å². The number of allylic oxidation sites excluding steroid dienone is 1. The van der Waals surface area contributed by atoms with Crippen LogP contribution in [0.1, 0.15) is 33.3 Å². The van der Waals surface area contributed by atoms with Gasteiger partial charge in [0.1, 0.15) is 5.82 Å². The monoisotopic (exact) mass is 392 g/mol. The van der Waals surface area contributed by atoms with Crippen LogP contribution in [0.2, 0.25) is 0 Å². The quantitative estimate of drug-likeness (QED) is 0.489. The number of carbonyl (C=O) groups excluding carboxylic acids is 3. The Morgan fingerprint density at radius 3 is 2.25 bits per heavy atom. The van der Waals surface area contributed by atoms with E-state index in [9.17, 15) is 18.8 Å². The van der Waals surface area contributed by atoms with Crippen LogP contribution in [0.5, 0.6) is 0 Å². The van der Waals surface area contributed by atoms with E-state index in [0.717, 1.165) is 16.2 Å². The summed E-state index contributed by atoms with van der Waals surface area (Å²) in [5.74, 6) is -1.66. The van der Waals surface area contributed by atoms with Gasteiger partial charge in [-0.15, -0.1) is 11.3 Å².